The van der Waals surface area contributed by atoms with Crippen molar-refractivity contribution in [1.29, 1.82) is 0 Å². The number of halogens is 2. The van der Waals surface area contributed by atoms with Crippen LogP contribution in [0, 0.1) is 5.82 Å². The molecule has 0 aliphatic rings. The zero-order valence-corrected chi connectivity index (χ0v) is 11.7. The number of hydrogen-bond donors (Lipinski definition) is 1. The summed E-state index contributed by atoms with van der Waals surface area (Å²) in [6.07, 6.45) is 2.10. The van der Waals surface area contributed by atoms with Crippen molar-refractivity contribution in [1.82, 2.24) is 0 Å². The second-order valence-electron chi connectivity index (χ2n) is 4.27. The molecule has 1 N–H and O–H groups in total. The molecule has 3 nitrogen and oxygen atoms in total. The van der Waals surface area contributed by atoms with Gasteiger partial charge in [0.25, 0.3) is 0 Å². The van der Waals surface area contributed by atoms with Gasteiger partial charge in [0.2, 0.25) is 0 Å². The first-order valence-corrected chi connectivity index (χ1v) is 6.50. The molecule has 0 radical (unpaired) electrons. The maximum Gasteiger partial charge on any atom is 0.328 e. The molecule has 5 heteroatoms. The van der Waals surface area contributed by atoms with Crippen molar-refractivity contribution >= 4 is 23.6 Å². The van der Waals surface area contributed by atoms with E-state index >= 15 is 0 Å². The molecule has 0 spiro atoms. The second kappa shape index (κ2) is 6.90. The van der Waals surface area contributed by atoms with Gasteiger partial charge in [0.05, 0.1) is 0 Å². The molecule has 0 heterocycles. The van der Waals surface area contributed by atoms with Gasteiger partial charge in [0.15, 0.2) is 0 Å². The van der Waals surface area contributed by atoms with E-state index in [9.17, 15) is 9.18 Å². The number of benzene rings is 2. The Morgan fingerprint density at radius 1 is 1.24 bits per heavy atom. The molecule has 2 aromatic carbocycles. The molecular formula is C16H12ClFO3. The van der Waals surface area contributed by atoms with Gasteiger partial charge in [-0.3, -0.25) is 0 Å². The van der Waals surface area contributed by atoms with Gasteiger partial charge in [0.1, 0.15) is 18.2 Å². The van der Waals surface area contributed by atoms with Crippen LogP contribution < -0.4 is 4.74 Å². The Kier molecular flexibility index (Phi) is 4.95. The third-order valence-electron chi connectivity index (χ3n) is 2.69. The van der Waals surface area contributed by atoms with E-state index in [2.05, 4.69) is 0 Å². The lowest BCUT2D eigenvalue weighted by atomic mass is 10.1. The molecule has 0 fully saturated rings. The third-order valence-corrected chi connectivity index (χ3v) is 2.94. The van der Waals surface area contributed by atoms with E-state index in [1.54, 1.807) is 36.4 Å². The summed E-state index contributed by atoms with van der Waals surface area (Å²) < 4.78 is 19.1. The fourth-order valence-corrected chi connectivity index (χ4v) is 1.80. The maximum absolute atomic E-state index is 13.5. The van der Waals surface area contributed by atoms with Crippen molar-refractivity contribution in [3.63, 3.8) is 0 Å². The van der Waals surface area contributed by atoms with Gasteiger partial charge in [-0.2, -0.15) is 0 Å². The van der Waals surface area contributed by atoms with Gasteiger partial charge in [0, 0.05) is 16.7 Å². The van der Waals surface area contributed by atoms with E-state index in [1.165, 1.54) is 12.1 Å². The molecule has 0 aromatic heterocycles. The summed E-state index contributed by atoms with van der Waals surface area (Å²) in [6.45, 7) is 0.246. The minimum absolute atomic E-state index is 0.203. The molecule has 0 aliphatic carbocycles. The number of carbonyl (C=O) groups is 1. The van der Waals surface area contributed by atoms with Crippen molar-refractivity contribution in [2.24, 2.45) is 0 Å². The van der Waals surface area contributed by atoms with Gasteiger partial charge in [-0.25, -0.2) is 9.18 Å². The van der Waals surface area contributed by atoms with Crippen molar-refractivity contribution in [2.75, 3.05) is 0 Å². The molecule has 21 heavy (non-hydrogen) atoms. The van der Waals surface area contributed by atoms with E-state index in [0.29, 0.717) is 10.8 Å². The lowest BCUT2D eigenvalue weighted by Gasteiger charge is -2.07. The standard InChI is InChI=1S/C16H12ClFO3/c17-13-3-5-14(6-4-13)21-10-11-1-7-15(18)12(9-11)2-8-16(19)20/h1-9H,10H2,(H,19,20). The van der Waals surface area contributed by atoms with Crippen molar-refractivity contribution in [2.45, 2.75) is 6.61 Å². The Morgan fingerprint density at radius 3 is 2.62 bits per heavy atom. The second-order valence-corrected chi connectivity index (χ2v) is 4.71. The lowest BCUT2D eigenvalue weighted by molar-refractivity contribution is -0.131. The summed E-state index contributed by atoms with van der Waals surface area (Å²) in [7, 11) is 0. The fraction of sp³-hybridized carbons (Fsp3) is 0.0625. The Bertz CT molecular complexity index is 666. The Balaban J connectivity index is 2.08. The Morgan fingerprint density at radius 2 is 1.95 bits per heavy atom. The van der Waals surface area contributed by atoms with Gasteiger partial charge < -0.3 is 9.84 Å². The number of rotatable bonds is 5. The van der Waals surface area contributed by atoms with Crippen LogP contribution in [0.5, 0.6) is 5.75 Å². The van der Waals surface area contributed by atoms with Crippen LogP contribution in [0.1, 0.15) is 11.1 Å². The van der Waals surface area contributed by atoms with Gasteiger partial charge in [-0.1, -0.05) is 17.7 Å². The molecule has 108 valence electrons. The highest BCUT2D eigenvalue weighted by molar-refractivity contribution is 6.30. The van der Waals surface area contributed by atoms with Gasteiger partial charge >= 0.3 is 5.97 Å². The monoisotopic (exact) mass is 306 g/mol. The number of carboxylic acids is 1. The highest BCUT2D eigenvalue weighted by Gasteiger charge is 2.03. The van der Waals surface area contributed by atoms with Crippen LogP contribution in [0.2, 0.25) is 5.02 Å². The SMILES string of the molecule is O=C(O)C=Cc1cc(COc2ccc(Cl)cc2)ccc1F. The molecule has 0 aliphatic heterocycles. The predicted molar refractivity (Wildman–Crippen MR) is 78.9 cm³/mol. The number of carboxylic acid groups (broad SMARTS) is 1. The first-order valence-electron chi connectivity index (χ1n) is 6.12. The minimum Gasteiger partial charge on any atom is -0.489 e. The summed E-state index contributed by atoms with van der Waals surface area (Å²) in [5, 5.41) is 9.18. The van der Waals surface area contributed by atoms with Crippen LogP contribution in [-0.4, -0.2) is 11.1 Å². The summed E-state index contributed by atoms with van der Waals surface area (Å²) in [5.41, 5.74) is 0.936. The average Bonchev–Trinajstić information content (AvgIpc) is 2.46. The zero-order chi connectivity index (χ0) is 15.2. The number of hydrogen-bond acceptors (Lipinski definition) is 2. The van der Waals surface area contributed by atoms with E-state index in [1.807, 2.05) is 0 Å². The number of ether oxygens (including phenoxy) is 1. The van der Waals surface area contributed by atoms with Crippen molar-refractivity contribution in [3.8, 4) is 5.75 Å². The van der Waals surface area contributed by atoms with Crippen LogP contribution in [0.15, 0.2) is 48.5 Å². The van der Waals surface area contributed by atoms with Crippen LogP contribution in [0.4, 0.5) is 4.39 Å². The fourth-order valence-electron chi connectivity index (χ4n) is 1.67. The molecule has 0 amide bonds. The first-order chi connectivity index (χ1) is 10.0. The van der Waals surface area contributed by atoms with E-state index in [0.717, 1.165) is 11.6 Å². The quantitative estimate of drug-likeness (QED) is 0.844. The summed E-state index contributed by atoms with van der Waals surface area (Å²) >= 11 is 5.77. The van der Waals surface area contributed by atoms with Crippen LogP contribution in [-0.2, 0) is 11.4 Å². The smallest absolute Gasteiger partial charge is 0.328 e. The van der Waals surface area contributed by atoms with Crippen LogP contribution >= 0.6 is 11.6 Å². The van der Waals surface area contributed by atoms with E-state index in [4.69, 9.17) is 21.4 Å². The maximum atomic E-state index is 13.5. The third kappa shape index (κ3) is 4.61. The highest BCUT2D eigenvalue weighted by Crippen LogP contribution is 2.18. The topological polar surface area (TPSA) is 46.5 Å². The molecular weight excluding hydrogens is 295 g/mol. The molecule has 0 atom stereocenters. The lowest BCUT2D eigenvalue weighted by Crippen LogP contribution is -1.97. The first kappa shape index (κ1) is 15.1. The number of aliphatic carboxylic acids is 1. The Labute approximate surface area is 126 Å². The predicted octanol–water partition coefficient (Wildman–Crippen LogP) is 4.16. The average molecular weight is 307 g/mol. The van der Waals surface area contributed by atoms with Crippen LogP contribution in [0.25, 0.3) is 6.08 Å². The van der Waals surface area contributed by atoms with E-state index in [-0.39, 0.29) is 12.2 Å². The summed E-state index contributed by atoms with van der Waals surface area (Å²) in [5.74, 6) is -0.966. The molecule has 2 aromatic rings. The van der Waals surface area contributed by atoms with Gasteiger partial charge in [-0.05, 0) is 48.0 Å². The molecule has 0 bridgehead atoms. The van der Waals surface area contributed by atoms with Gasteiger partial charge in [-0.15, -0.1) is 0 Å². The summed E-state index contributed by atoms with van der Waals surface area (Å²) in [6, 6.07) is 11.3. The normalized spacial score (nSPS) is 10.8. The largest absolute Gasteiger partial charge is 0.489 e. The molecule has 0 unspecified atom stereocenters. The Hall–Kier alpha value is -2.33. The minimum atomic E-state index is -1.13. The molecule has 0 saturated heterocycles. The highest BCUT2D eigenvalue weighted by atomic mass is 35.5. The van der Waals surface area contributed by atoms with Crippen molar-refractivity contribution in [3.05, 3.63) is 70.5 Å². The van der Waals surface area contributed by atoms with Crippen molar-refractivity contribution < 1.29 is 19.0 Å². The van der Waals surface area contributed by atoms with E-state index < -0.39 is 11.8 Å². The van der Waals surface area contributed by atoms with Crippen LogP contribution in [0.3, 0.4) is 0 Å². The zero-order valence-electron chi connectivity index (χ0n) is 10.9. The molecule has 2 rings (SSSR count). The summed E-state index contributed by atoms with van der Waals surface area (Å²) in [4.78, 5) is 10.5. The molecule has 0 saturated carbocycles.